The number of anilines is 1. The number of likely N-dealkylation sites (tertiary alicyclic amines) is 1. The number of carbonyl (C=O) groups excluding carboxylic acids is 3. The number of imide groups is 1. The topological polar surface area (TPSA) is 108 Å². The van der Waals surface area contributed by atoms with Gasteiger partial charge in [0.2, 0.25) is 17.7 Å². The van der Waals surface area contributed by atoms with Gasteiger partial charge in [0.15, 0.2) is 0 Å². The van der Waals surface area contributed by atoms with Crippen molar-refractivity contribution in [3.05, 3.63) is 58.6 Å². The number of amides is 3. The van der Waals surface area contributed by atoms with E-state index in [4.69, 9.17) is 16.3 Å². The van der Waals surface area contributed by atoms with Gasteiger partial charge in [-0.05, 0) is 48.7 Å². The number of ether oxygens (including phenoxy) is 1. The molecule has 0 aliphatic carbocycles. The second-order valence-electron chi connectivity index (χ2n) is 8.75. The number of nitrogens with one attached hydrogen (secondary N) is 2. The van der Waals surface area contributed by atoms with Crippen LogP contribution in [-0.4, -0.2) is 54.0 Å². The van der Waals surface area contributed by atoms with E-state index in [1.165, 1.54) is 4.90 Å². The number of hydrogen-bond donors (Lipinski definition) is 3. The molecule has 2 aromatic rings. The van der Waals surface area contributed by atoms with Gasteiger partial charge in [0.05, 0.1) is 11.8 Å². The van der Waals surface area contributed by atoms with E-state index in [1.807, 2.05) is 0 Å². The van der Waals surface area contributed by atoms with E-state index in [-0.39, 0.29) is 30.0 Å². The van der Waals surface area contributed by atoms with Crippen LogP contribution in [-0.2, 0) is 31.1 Å². The fourth-order valence-electron chi connectivity index (χ4n) is 5.48. The monoisotopic (exact) mass is 469 g/mol. The van der Waals surface area contributed by atoms with Crippen LogP contribution in [0.3, 0.4) is 0 Å². The lowest BCUT2D eigenvalue weighted by atomic mass is 9.76. The van der Waals surface area contributed by atoms with Gasteiger partial charge in [-0.2, -0.15) is 0 Å². The summed E-state index contributed by atoms with van der Waals surface area (Å²) in [5, 5.41) is 16.3. The summed E-state index contributed by atoms with van der Waals surface area (Å²) < 4.78 is 5.09. The average molecular weight is 470 g/mol. The smallest absolute Gasteiger partial charge is 0.250 e. The van der Waals surface area contributed by atoms with Gasteiger partial charge >= 0.3 is 0 Å². The van der Waals surface area contributed by atoms with Gasteiger partial charge in [-0.3, -0.25) is 24.6 Å². The number of phenolic OH excluding ortho intramolecular Hbond substituents is 1. The number of fused-ring (bicyclic) bond motifs is 4. The lowest BCUT2D eigenvalue weighted by molar-refractivity contribution is -0.143. The van der Waals surface area contributed by atoms with Crippen molar-refractivity contribution in [1.82, 2.24) is 10.2 Å². The third-order valence-corrected chi connectivity index (χ3v) is 7.13. The molecule has 3 N–H and O–H groups in total. The molecule has 5 rings (SSSR count). The average Bonchev–Trinajstić information content (AvgIpc) is 3.36. The van der Waals surface area contributed by atoms with Gasteiger partial charge in [-0.25, -0.2) is 0 Å². The molecule has 3 amide bonds. The zero-order chi connectivity index (χ0) is 23.3. The molecule has 3 heterocycles. The van der Waals surface area contributed by atoms with E-state index in [1.54, 1.807) is 49.6 Å². The number of aromatic hydroxyl groups is 1. The molecule has 8 nitrogen and oxygen atoms in total. The minimum absolute atomic E-state index is 0.141. The summed E-state index contributed by atoms with van der Waals surface area (Å²) in [6.45, 7) is 0.663. The molecular weight excluding hydrogens is 446 g/mol. The molecule has 2 fully saturated rings. The van der Waals surface area contributed by atoms with Crippen LogP contribution in [0.2, 0.25) is 5.02 Å². The highest BCUT2D eigenvalue weighted by Gasteiger charge is 2.70. The lowest BCUT2D eigenvalue weighted by Gasteiger charge is -2.29. The minimum Gasteiger partial charge on any atom is -0.508 e. The molecule has 1 spiro atoms. The van der Waals surface area contributed by atoms with Crippen LogP contribution in [0.5, 0.6) is 5.75 Å². The first-order valence-electron chi connectivity index (χ1n) is 10.9. The first kappa shape index (κ1) is 21.9. The number of carbonyl (C=O) groups is 3. The van der Waals surface area contributed by atoms with Gasteiger partial charge in [0, 0.05) is 42.6 Å². The van der Waals surface area contributed by atoms with Gasteiger partial charge < -0.3 is 15.2 Å². The maximum Gasteiger partial charge on any atom is 0.250 e. The fourth-order valence-corrected chi connectivity index (χ4v) is 5.65. The predicted molar refractivity (Wildman–Crippen MR) is 121 cm³/mol. The van der Waals surface area contributed by atoms with Crippen molar-refractivity contribution in [2.24, 2.45) is 11.8 Å². The van der Waals surface area contributed by atoms with E-state index < -0.39 is 23.4 Å². The zero-order valence-corrected chi connectivity index (χ0v) is 18.8. The van der Waals surface area contributed by atoms with Gasteiger partial charge in [0.25, 0.3) is 0 Å². The Labute approximate surface area is 195 Å². The molecule has 0 bridgehead atoms. The van der Waals surface area contributed by atoms with E-state index in [9.17, 15) is 19.5 Å². The van der Waals surface area contributed by atoms with E-state index >= 15 is 0 Å². The minimum atomic E-state index is -1.38. The highest BCUT2D eigenvalue weighted by Crippen LogP contribution is 2.53. The second kappa shape index (κ2) is 8.13. The van der Waals surface area contributed by atoms with Crippen LogP contribution in [0, 0.1) is 11.8 Å². The van der Waals surface area contributed by atoms with Crippen molar-refractivity contribution in [3.63, 3.8) is 0 Å². The highest BCUT2D eigenvalue weighted by atomic mass is 35.5. The van der Waals surface area contributed by atoms with Crippen molar-refractivity contribution in [3.8, 4) is 5.75 Å². The van der Waals surface area contributed by atoms with Crippen LogP contribution >= 0.6 is 11.6 Å². The molecular formula is C24H24ClN3O5. The number of methoxy groups -OCH3 is 1. The number of hydrogen-bond acceptors (Lipinski definition) is 6. The molecule has 2 saturated heterocycles. The molecule has 172 valence electrons. The summed E-state index contributed by atoms with van der Waals surface area (Å²) in [4.78, 5) is 41.8. The molecule has 4 atom stereocenters. The predicted octanol–water partition coefficient (Wildman–Crippen LogP) is 2.05. The number of halogens is 1. The SMILES string of the molecule is COCCCN1C(=O)[C@H]2[C@@H](C1=O)[C@@]1(N[C@@H]2Cc2ccc(O)cc2)C(=O)Nc2ccc(Cl)cc21. The highest BCUT2D eigenvalue weighted by molar-refractivity contribution is 6.31. The number of nitrogens with zero attached hydrogens (tertiary/aromatic N) is 1. The van der Waals surface area contributed by atoms with Crippen LogP contribution in [0.15, 0.2) is 42.5 Å². The molecule has 3 aliphatic heterocycles. The molecule has 0 aromatic heterocycles. The molecule has 33 heavy (non-hydrogen) atoms. The number of rotatable bonds is 6. The fraction of sp³-hybridized carbons (Fsp3) is 0.375. The van der Waals surface area contributed by atoms with Crippen LogP contribution < -0.4 is 10.6 Å². The summed E-state index contributed by atoms with van der Waals surface area (Å²) in [6.07, 6.45) is 0.933. The molecule has 0 radical (unpaired) electrons. The van der Waals surface area contributed by atoms with Crippen LogP contribution in [0.1, 0.15) is 17.5 Å². The first-order chi connectivity index (χ1) is 15.9. The van der Waals surface area contributed by atoms with E-state index in [2.05, 4.69) is 10.6 Å². The summed E-state index contributed by atoms with van der Waals surface area (Å²) in [5.41, 5.74) is 0.668. The van der Waals surface area contributed by atoms with Crippen LogP contribution in [0.25, 0.3) is 0 Å². The normalized spacial score (nSPS) is 27.9. The Morgan fingerprint density at radius 2 is 1.88 bits per heavy atom. The summed E-state index contributed by atoms with van der Waals surface area (Å²) >= 11 is 6.27. The molecule has 0 unspecified atom stereocenters. The quantitative estimate of drug-likeness (QED) is 0.441. The maximum absolute atomic E-state index is 13.6. The van der Waals surface area contributed by atoms with Crippen molar-refractivity contribution < 1.29 is 24.2 Å². The Bertz CT molecular complexity index is 1140. The van der Waals surface area contributed by atoms with Crippen molar-refractivity contribution in [1.29, 1.82) is 0 Å². The molecule has 3 aliphatic rings. The summed E-state index contributed by atoms with van der Waals surface area (Å²) in [5.74, 6) is -2.44. The third-order valence-electron chi connectivity index (χ3n) is 6.89. The molecule has 0 saturated carbocycles. The van der Waals surface area contributed by atoms with Crippen molar-refractivity contribution in [2.45, 2.75) is 24.4 Å². The Morgan fingerprint density at radius 3 is 2.61 bits per heavy atom. The zero-order valence-electron chi connectivity index (χ0n) is 18.0. The van der Waals surface area contributed by atoms with E-state index in [0.29, 0.717) is 35.7 Å². The maximum atomic E-state index is 13.6. The molecule has 9 heteroatoms. The second-order valence-corrected chi connectivity index (χ2v) is 9.19. The van der Waals surface area contributed by atoms with Crippen molar-refractivity contribution in [2.75, 3.05) is 25.6 Å². The Balaban J connectivity index is 1.58. The third kappa shape index (κ3) is 3.32. The van der Waals surface area contributed by atoms with Crippen molar-refractivity contribution >= 4 is 35.0 Å². The Hall–Kier alpha value is -2.94. The Kier molecular flexibility index (Phi) is 5.39. The van der Waals surface area contributed by atoms with Gasteiger partial charge in [-0.1, -0.05) is 23.7 Å². The summed E-state index contributed by atoms with van der Waals surface area (Å²) in [7, 11) is 1.57. The summed E-state index contributed by atoms with van der Waals surface area (Å²) in [6, 6.07) is 11.3. The van der Waals surface area contributed by atoms with Gasteiger partial charge in [0.1, 0.15) is 11.3 Å². The number of phenols is 1. The largest absolute Gasteiger partial charge is 0.508 e. The van der Waals surface area contributed by atoms with Gasteiger partial charge in [-0.15, -0.1) is 0 Å². The first-order valence-corrected chi connectivity index (χ1v) is 11.3. The lowest BCUT2D eigenvalue weighted by Crippen LogP contribution is -2.53. The molecule has 2 aromatic carbocycles. The standard InChI is InChI=1S/C24H24ClN3O5/c1-33-10-2-9-28-21(30)19-18(11-13-3-6-15(29)7-4-13)27-24(20(19)22(28)31)16-12-14(25)5-8-17(16)26-23(24)32/h3-8,12,18-20,27,29H,2,9-11H2,1H3,(H,26,32)/t18-,19-,20+,24-/m1/s1. The van der Waals surface area contributed by atoms with E-state index in [0.717, 1.165) is 5.56 Å². The number of benzene rings is 2. The Morgan fingerprint density at radius 1 is 1.12 bits per heavy atom. The van der Waals surface area contributed by atoms with Crippen LogP contribution in [0.4, 0.5) is 5.69 Å².